The van der Waals surface area contributed by atoms with Gasteiger partial charge in [-0.3, -0.25) is 0 Å². The summed E-state index contributed by atoms with van der Waals surface area (Å²) in [4.78, 5) is 22.7. The Bertz CT molecular complexity index is 280. The lowest BCUT2D eigenvalue weighted by Gasteiger charge is -2.23. The molecule has 104 valence electrons. The number of carbonyl (C=O) groups excluding carboxylic acids is 1. The van der Waals surface area contributed by atoms with Gasteiger partial charge in [-0.25, -0.2) is 9.59 Å². The fraction of sp³-hybridized carbons (Fsp3) is 0.833. The predicted octanol–water partition coefficient (Wildman–Crippen LogP) is 1.82. The molecule has 1 heterocycles. The van der Waals surface area contributed by atoms with Crippen molar-refractivity contribution in [2.24, 2.45) is 0 Å². The molecule has 1 saturated heterocycles. The van der Waals surface area contributed by atoms with Gasteiger partial charge in [0.1, 0.15) is 6.04 Å². The first-order valence-electron chi connectivity index (χ1n) is 6.51. The number of nitrogens with one attached hydrogen (secondary N) is 2. The van der Waals surface area contributed by atoms with Gasteiger partial charge in [0.05, 0.1) is 0 Å². The van der Waals surface area contributed by atoms with E-state index >= 15 is 0 Å². The normalized spacial score (nSPS) is 18.1. The first kappa shape index (κ1) is 15.1. The highest BCUT2D eigenvalue weighted by Crippen LogP contribution is 2.16. The molecule has 0 saturated carbocycles. The molecule has 1 aliphatic heterocycles. The molecule has 0 unspecified atom stereocenters. The van der Waals surface area contributed by atoms with E-state index in [1.807, 2.05) is 18.7 Å². The number of thioether (sulfide) groups is 1. The van der Waals surface area contributed by atoms with Crippen LogP contribution in [0, 0.1) is 0 Å². The van der Waals surface area contributed by atoms with Gasteiger partial charge in [0.15, 0.2) is 0 Å². The molecule has 18 heavy (non-hydrogen) atoms. The van der Waals surface area contributed by atoms with Gasteiger partial charge in [-0.05, 0) is 30.8 Å². The zero-order valence-electron chi connectivity index (χ0n) is 10.8. The highest BCUT2D eigenvalue weighted by Gasteiger charge is 2.21. The van der Waals surface area contributed by atoms with E-state index in [-0.39, 0.29) is 12.1 Å². The summed E-state index contributed by atoms with van der Waals surface area (Å²) < 4.78 is 0. The fourth-order valence-corrected chi connectivity index (χ4v) is 3.00. The maximum atomic E-state index is 11.7. The molecule has 0 aromatic rings. The molecule has 1 atom stereocenters. The quantitative estimate of drug-likeness (QED) is 0.690. The number of amides is 2. The van der Waals surface area contributed by atoms with Crippen molar-refractivity contribution in [3.8, 4) is 0 Å². The van der Waals surface area contributed by atoms with Crippen molar-refractivity contribution in [2.45, 2.75) is 51.1 Å². The summed E-state index contributed by atoms with van der Waals surface area (Å²) in [6, 6.07) is -0.940. The minimum absolute atomic E-state index is 0.187. The van der Waals surface area contributed by atoms with E-state index in [9.17, 15) is 9.59 Å². The van der Waals surface area contributed by atoms with E-state index in [2.05, 4.69) is 10.6 Å². The van der Waals surface area contributed by atoms with E-state index in [0.717, 1.165) is 37.2 Å². The van der Waals surface area contributed by atoms with Crippen LogP contribution in [0.2, 0.25) is 0 Å². The van der Waals surface area contributed by atoms with Crippen molar-refractivity contribution in [1.29, 1.82) is 0 Å². The fourth-order valence-electron chi connectivity index (χ4n) is 1.89. The molecule has 0 bridgehead atoms. The molecule has 0 aromatic heterocycles. The summed E-state index contributed by atoms with van der Waals surface area (Å²) in [5.41, 5.74) is 0. The summed E-state index contributed by atoms with van der Waals surface area (Å²) >= 11 is 1.89. The van der Waals surface area contributed by atoms with Crippen molar-refractivity contribution in [3.05, 3.63) is 0 Å². The lowest BCUT2D eigenvalue weighted by atomic mass is 10.1. The van der Waals surface area contributed by atoms with Crippen molar-refractivity contribution in [1.82, 2.24) is 10.6 Å². The zero-order chi connectivity index (χ0) is 13.4. The van der Waals surface area contributed by atoms with Gasteiger partial charge < -0.3 is 15.7 Å². The maximum Gasteiger partial charge on any atom is 0.326 e. The molecular weight excluding hydrogens is 252 g/mol. The predicted molar refractivity (Wildman–Crippen MR) is 73.0 cm³/mol. The second-order valence-electron chi connectivity index (χ2n) is 4.54. The molecule has 0 spiro atoms. The molecule has 3 N–H and O–H groups in total. The second-order valence-corrected chi connectivity index (χ2v) is 5.76. The average molecular weight is 274 g/mol. The third-order valence-electron chi connectivity index (χ3n) is 3.01. The number of unbranched alkanes of at least 4 members (excludes halogenated alkanes) is 1. The van der Waals surface area contributed by atoms with Crippen molar-refractivity contribution in [2.75, 3.05) is 11.5 Å². The Labute approximate surface area is 112 Å². The Morgan fingerprint density at radius 1 is 1.39 bits per heavy atom. The van der Waals surface area contributed by atoms with E-state index in [4.69, 9.17) is 5.11 Å². The number of urea groups is 1. The highest BCUT2D eigenvalue weighted by atomic mass is 32.2. The summed E-state index contributed by atoms with van der Waals surface area (Å²) in [5.74, 6) is 1.16. The minimum Gasteiger partial charge on any atom is -0.480 e. The minimum atomic E-state index is -0.960. The van der Waals surface area contributed by atoms with Crippen LogP contribution in [0.15, 0.2) is 0 Å². The molecule has 0 radical (unpaired) electrons. The SMILES string of the molecule is CCCC[C@H](NC(=O)NC1CCSCC1)C(=O)O. The molecule has 1 fully saturated rings. The summed E-state index contributed by atoms with van der Waals surface area (Å²) in [5, 5.41) is 14.4. The molecule has 0 aromatic carbocycles. The Balaban J connectivity index is 2.32. The Morgan fingerprint density at radius 2 is 2.06 bits per heavy atom. The van der Waals surface area contributed by atoms with E-state index in [1.165, 1.54) is 0 Å². The average Bonchev–Trinajstić information content (AvgIpc) is 2.35. The van der Waals surface area contributed by atoms with Gasteiger partial charge in [0.2, 0.25) is 0 Å². The van der Waals surface area contributed by atoms with Gasteiger partial charge >= 0.3 is 12.0 Å². The summed E-state index contributed by atoms with van der Waals surface area (Å²) in [6.45, 7) is 2.00. The third-order valence-corrected chi connectivity index (χ3v) is 4.06. The number of hydrogen-bond acceptors (Lipinski definition) is 3. The molecule has 6 heteroatoms. The van der Waals surface area contributed by atoms with Crippen molar-refractivity contribution in [3.63, 3.8) is 0 Å². The van der Waals surface area contributed by atoms with Crippen LogP contribution in [0.5, 0.6) is 0 Å². The standard InChI is InChI=1S/C12H22N2O3S/c1-2-3-4-10(11(15)16)14-12(17)13-9-5-7-18-8-6-9/h9-10H,2-8H2,1H3,(H,15,16)(H2,13,14,17)/t10-/m0/s1. The van der Waals surface area contributed by atoms with Crippen LogP contribution in [-0.4, -0.2) is 40.7 Å². The highest BCUT2D eigenvalue weighted by molar-refractivity contribution is 7.99. The van der Waals surface area contributed by atoms with Crippen LogP contribution in [-0.2, 0) is 4.79 Å². The number of carbonyl (C=O) groups is 2. The van der Waals surface area contributed by atoms with E-state index in [0.29, 0.717) is 6.42 Å². The monoisotopic (exact) mass is 274 g/mol. The summed E-state index contributed by atoms with van der Waals surface area (Å²) in [7, 11) is 0. The first-order chi connectivity index (χ1) is 8.63. The molecule has 5 nitrogen and oxygen atoms in total. The van der Waals surface area contributed by atoms with Gasteiger partial charge in [-0.1, -0.05) is 19.8 Å². The Morgan fingerprint density at radius 3 is 2.61 bits per heavy atom. The molecule has 1 rings (SSSR count). The van der Waals surface area contributed by atoms with Gasteiger partial charge in [-0.2, -0.15) is 11.8 Å². The van der Waals surface area contributed by atoms with Crippen molar-refractivity contribution < 1.29 is 14.7 Å². The second kappa shape index (κ2) is 8.24. The van der Waals surface area contributed by atoms with Gasteiger partial charge in [0, 0.05) is 6.04 Å². The van der Waals surface area contributed by atoms with Crippen LogP contribution in [0.25, 0.3) is 0 Å². The number of rotatable bonds is 6. The number of aliphatic carboxylic acids is 1. The molecule has 1 aliphatic rings. The molecule has 0 aliphatic carbocycles. The number of hydrogen-bond donors (Lipinski definition) is 3. The zero-order valence-corrected chi connectivity index (χ0v) is 11.6. The number of carboxylic acids is 1. The largest absolute Gasteiger partial charge is 0.480 e. The Kier molecular flexibility index (Phi) is 6.93. The van der Waals surface area contributed by atoms with E-state index < -0.39 is 12.0 Å². The molecular formula is C12H22N2O3S. The van der Waals surface area contributed by atoms with Crippen LogP contribution >= 0.6 is 11.8 Å². The van der Waals surface area contributed by atoms with Crippen LogP contribution in [0.4, 0.5) is 4.79 Å². The van der Waals surface area contributed by atoms with Crippen LogP contribution < -0.4 is 10.6 Å². The van der Waals surface area contributed by atoms with Crippen LogP contribution in [0.1, 0.15) is 39.0 Å². The van der Waals surface area contributed by atoms with Crippen molar-refractivity contribution >= 4 is 23.8 Å². The molecule has 2 amide bonds. The lowest BCUT2D eigenvalue weighted by Crippen LogP contribution is -2.49. The topological polar surface area (TPSA) is 78.4 Å². The Hall–Kier alpha value is -0.910. The number of carboxylic acid groups (broad SMARTS) is 1. The van der Waals surface area contributed by atoms with Gasteiger partial charge in [0.25, 0.3) is 0 Å². The maximum absolute atomic E-state index is 11.7. The summed E-state index contributed by atoms with van der Waals surface area (Å²) in [6.07, 6.45) is 4.14. The third kappa shape index (κ3) is 5.62. The van der Waals surface area contributed by atoms with Crippen LogP contribution in [0.3, 0.4) is 0 Å². The van der Waals surface area contributed by atoms with Gasteiger partial charge in [-0.15, -0.1) is 0 Å². The first-order valence-corrected chi connectivity index (χ1v) is 7.66. The lowest BCUT2D eigenvalue weighted by molar-refractivity contribution is -0.139. The van der Waals surface area contributed by atoms with E-state index in [1.54, 1.807) is 0 Å². The smallest absolute Gasteiger partial charge is 0.326 e.